The molecule has 0 saturated carbocycles. The van der Waals surface area contributed by atoms with Crippen molar-refractivity contribution < 1.29 is 0 Å². The van der Waals surface area contributed by atoms with Crippen LogP contribution in [0.2, 0.25) is 0 Å². The molecule has 0 heterocycles. The van der Waals surface area contributed by atoms with Crippen LogP contribution in [-0.2, 0) is 0 Å². The first kappa shape index (κ1) is 12.6. The second-order valence-corrected chi connectivity index (χ2v) is 3.91. The van der Waals surface area contributed by atoms with Crippen molar-refractivity contribution in [2.75, 3.05) is 0 Å². The van der Waals surface area contributed by atoms with E-state index in [1.165, 1.54) is 24.8 Å². The van der Waals surface area contributed by atoms with Gasteiger partial charge in [-0.3, -0.25) is 0 Å². The van der Waals surface area contributed by atoms with E-state index in [-0.39, 0.29) is 0 Å². The zero-order valence-corrected chi connectivity index (χ0v) is 10.2. The summed E-state index contributed by atoms with van der Waals surface area (Å²) < 4.78 is 0. The summed E-state index contributed by atoms with van der Waals surface area (Å²) in [7, 11) is 0. The Morgan fingerprint density at radius 3 is 2.62 bits per heavy atom. The Kier molecular flexibility index (Phi) is 6.11. The minimum atomic E-state index is 0.516. The van der Waals surface area contributed by atoms with Gasteiger partial charge in [0.2, 0.25) is 0 Å². The summed E-state index contributed by atoms with van der Waals surface area (Å²) in [5, 5.41) is 0. The Morgan fingerprint density at radius 2 is 2.00 bits per heavy atom. The highest BCUT2D eigenvalue weighted by molar-refractivity contribution is 5.26. The van der Waals surface area contributed by atoms with E-state index in [1.54, 1.807) is 0 Å². The van der Waals surface area contributed by atoms with E-state index >= 15 is 0 Å². The lowest BCUT2D eigenvalue weighted by molar-refractivity contribution is 0.664. The number of unbranched alkanes of at least 4 members (excludes halogenated alkanes) is 1. The zero-order chi connectivity index (χ0) is 11.6. The van der Waals surface area contributed by atoms with Crippen molar-refractivity contribution in [2.24, 2.45) is 0 Å². The molecule has 1 aromatic carbocycles. The summed E-state index contributed by atoms with van der Waals surface area (Å²) in [6.07, 6.45) is 7.93. The Morgan fingerprint density at radius 1 is 1.25 bits per heavy atom. The van der Waals surface area contributed by atoms with Gasteiger partial charge in [0.05, 0.1) is 0 Å². The first-order chi connectivity index (χ1) is 7.88. The number of rotatable bonds is 5. The van der Waals surface area contributed by atoms with Gasteiger partial charge in [-0.1, -0.05) is 62.1 Å². The fourth-order valence-electron chi connectivity index (χ4n) is 1.75. The molecular weight excluding hydrogens is 192 g/mol. The summed E-state index contributed by atoms with van der Waals surface area (Å²) >= 11 is 0. The largest absolute Gasteiger partial charge is 0.102 e. The zero-order valence-electron chi connectivity index (χ0n) is 10.2. The van der Waals surface area contributed by atoms with Crippen molar-refractivity contribution >= 4 is 0 Å². The minimum absolute atomic E-state index is 0.516. The molecule has 0 aliphatic carbocycles. The molecule has 1 atom stereocenters. The van der Waals surface area contributed by atoms with Crippen molar-refractivity contribution in [2.45, 2.75) is 39.0 Å². The highest BCUT2D eigenvalue weighted by Crippen LogP contribution is 2.23. The van der Waals surface area contributed by atoms with Gasteiger partial charge < -0.3 is 0 Å². The molecule has 0 N–H and O–H groups in total. The van der Waals surface area contributed by atoms with Gasteiger partial charge in [-0.2, -0.15) is 0 Å². The number of allylic oxidation sites excluding steroid dienone is 2. The van der Waals surface area contributed by atoms with Gasteiger partial charge >= 0.3 is 0 Å². The monoisotopic (exact) mass is 212 g/mol. The predicted molar refractivity (Wildman–Crippen MR) is 71.3 cm³/mol. The second kappa shape index (κ2) is 7.77. The van der Waals surface area contributed by atoms with Crippen molar-refractivity contribution in [3.05, 3.63) is 48.0 Å². The van der Waals surface area contributed by atoms with Crippen LogP contribution in [0.5, 0.6) is 0 Å². The predicted octanol–water partition coefficient (Wildman–Crippen LogP) is 4.54. The van der Waals surface area contributed by atoms with Crippen molar-refractivity contribution in [3.8, 4) is 11.8 Å². The van der Waals surface area contributed by atoms with Crippen molar-refractivity contribution in [1.29, 1.82) is 0 Å². The molecule has 0 bridgehead atoms. The maximum atomic E-state index is 2.99. The quantitative estimate of drug-likeness (QED) is 0.629. The van der Waals surface area contributed by atoms with Crippen molar-refractivity contribution in [1.82, 2.24) is 0 Å². The highest BCUT2D eigenvalue weighted by atomic mass is 14.1. The minimum Gasteiger partial charge on any atom is -0.102 e. The average molecular weight is 212 g/mol. The maximum absolute atomic E-state index is 2.99. The van der Waals surface area contributed by atoms with Gasteiger partial charge in [0.1, 0.15) is 0 Å². The molecule has 0 nitrogen and oxygen atoms in total. The smallest absolute Gasteiger partial charge is 0.00273 e. The van der Waals surface area contributed by atoms with Gasteiger partial charge in [-0.25, -0.2) is 0 Å². The summed E-state index contributed by atoms with van der Waals surface area (Å²) in [6.45, 7) is 4.10. The van der Waals surface area contributed by atoms with E-state index < -0.39 is 0 Å². The van der Waals surface area contributed by atoms with E-state index in [2.05, 4.69) is 55.2 Å². The van der Waals surface area contributed by atoms with Crippen LogP contribution in [0.25, 0.3) is 0 Å². The van der Waals surface area contributed by atoms with Crippen LogP contribution >= 0.6 is 0 Å². The van der Waals surface area contributed by atoms with Crippen molar-refractivity contribution in [3.63, 3.8) is 0 Å². The highest BCUT2D eigenvalue weighted by Gasteiger charge is 2.05. The summed E-state index contributed by atoms with van der Waals surface area (Å²) in [6, 6.07) is 10.7. The number of hydrogen-bond acceptors (Lipinski definition) is 0. The maximum Gasteiger partial charge on any atom is 0.00273 e. The Hall–Kier alpha value is -1.48. The Balaban J connectivity index is 2.73. The fraction of sp³-hybridized carbons (Fsp3) is 0.375. The van der Waals surface area contributed by atoms with E-state index in [0.29, 0.717) is 5.92 Å². The topological polar surface area (TPSA) is 0 Å². The van der Waals surface area contributed by atoms with Gasteiger partial charge in [-0.05, 0) is 25.0 Å². The lowest BCUT2D eigenvalue weighted by atomic mass is 9.93. The summed E-state index contributed by atoms with van der Waals surface area (Å²) in [4.78, 5) is 0. The van der Waals surface area contributed by atoms with Gasteiger partial charge in [-0.15, -0.1) is 5.92 Å². The van der Waals surface area contributed by atoms with Crippen LogP contribution in [0, 0.1) is 11.8 Å². The first-order valence-electron chi connectivity index (χ1n) is 6.02. The normalized spacial score (nSPS) is 12.1. The molecule has 16 heavy (non-hydrogen) atoms. The van der Waals surface area contributed by atoms with Crippen LogP contribution in [0.15, 0.2) is 42.5 Å². The molecule has 0 radical (unpaired) electrons. The van der Waals surface area contributed by atoms with Crippen LogP contribution < -0.4 is 0 Å². The third kappa shape index (κ3) is 4.36. The van der Waals surface area contributed by atoms with Gasteiger partial charge in [0.25, 0.3) is 0 Å². The standard InChI is InChI=1S/C16H20/c1-3-5-8-12-15(11-6-4-2)16-13-9-7-10-14-16/h7-10,12-15H,4,6,11H2,1-2H3/b12-8+. The number of hydrogen-bond donors (Lipinski definition) is 0. The van der Waals surface area contributed by atoms with E-state index in [9.17, 15) is 0 Å². The molecule has 1 aromatic rings. The third-order valence-electron chi connectivity index (χ3n) is 2.65. The molecule has 0 aliphatic heterocycles. The Labute approximate surface area is 99.4 Å². The van der Waals surface area contributed by atoms with Crippen LogP contribution in [-0.4, -0.2) is 0 Å². The first-order valence-corrected chi connectivity index (χ1v) is 6.02. The molecule has 84 valence electrons. The van der Waals surface area contributed by atoms with Crippen LogP contribution in [0.4, 0.5) is 0 Å². The molecule has 0 aromatic heterocycles. The Bertz CT molecular complexity index is 362. The molecule has 0 heteroatoms. The van der Waals surface area contributed by atoms with E-state index in [0.717, 1.165) is 0 Å². The molecule has 0 amide bonds. The second-order valence-electron chi connectivity index (χ2n) is 3.91. The third-order valence-corrected chi connectivity index (χ3v) is 2.65. The van der Waals surface area contributed by atoms with Crippen LogP contribution in [0.3, 0.4) is 0 Å². The molecular formula is C16H20. The van der Waals surface area contributed by atoms with Crippen LogP contribution in [0.1, 0.15) is 44.6 Å². The van der Waals surface area contributed by atoms with Gasteiger partial charge in [0.15, 0.2) is 0 Å². The number of benzene rings is 1. The summed E-state index contributed by atoms with van der Waals surface area (Å²) in [5.74, 6) is 6.40. The lowest BCUT2D eigenvalue weighted by Gasteiger charge is -2.12. The fourth-order valence-corrected chi connectivity index (χ4v) is 1.75. The molecule has 1 unspecified atom stereocenters. The SMILES string of the molecule is CC#C/C=C/C(CCCC)c1ccccc1. The molecule has 0 spiro atoms. The molecule has 0 saturated heterocycles. The molecule has 0 aliphatic rings. The van der Waals surface area contributed by atoms with E-state index in [4.69, 9.17) is 0 Å². The van der Waals surface area contributed by atoms with E-state index in [1.807, 2.05) is 13.0 Å². The molecule has 1 rings (SSSR count). The average Bonchev–Trinajstić information content (AvgIpc) is 2.35. The van der Waals surface area contributed by atoms with Gasteiger partial charge in [0, 0.05) is 5.92 Å². The lowest BCUT2D eigenvalue weighted by Crippen LogP contribution is -1.94. The molecule has 0 fully saturated rings. The summed E-state index contributed by atoms with van der Waals surface area (Å²) in [5.41, 5.74) is 1.39.